The van der Waals surface area contributed by atoms with Gasteiger partial charge in [-0.3, -0.25) is 0 Å². The molecule has 0 aliphatic heterocycles. The zero-order valence-electron chi connectivity index (χ0n) is 65.4. The van der Waals surface area contributed by atoms with Crippen LogP contribution in [-0.4, -0.2) is 0 Å². The molecule has 2 aliphatic carbocycles. The number of benzene rings is 5. The van der Waals surface area contributed by atoms with Gasteiger partial charge in [-0.15, -0.1) is 0 Å². The summed E-state index contributed by atoms with van der Waals surface area (Å²) in [6.07, 6.45) is 27.0. The van der Waals surface area contributed by atoms with Gasteiger partial charge in [-0.1, -0.05) is 209 Å². The van der Waals surface area contributed by atoms with Gasteiger partial charge in [0.25, 0.3) is 0 Å². The zero-order chi connectivity index (χ0) is 71.8. The Kier molecular flexibility index (Phi) is 36.0. The molecule has 0 atom stereocenters. The Morgan fingerprint density at radius 1 is 0.317 bits per heavy atom. The summed E-state index contributed by atoms with van der Waals surface area (Å²) in [5.41, 5.74) is 34.9. The van der Waals surface area contributed by atoms with Gasteiger partial charge in [0.05, 0.1) is 0 Å². The minimum Gasteiger partial charge on any atom is -0.201 e. The molecule has 104 heavy (non-hydrogen) atoms. The first-order chi connectivity index (χ1) is 47.1. The molecule has 0 unspecified atom stereocenters. The first-order valence-corrected chi connectivity index (χ1v) is 37.4. The van der Waals surface area contributed by atoms with Crippen molar-refractivity contribution >= 4 is 0 Å². The molecule has 0 bridgehead atoms. The smallest absolute Gasteiger partial charge is 0.201 e. The second kappa shape index (κ2) is 41.5. The van der Waals surface area contributed by atoms with Gasteiger partial charge in [-0.2, -0.15) is 0 Å². The maximum absolute atomic E-state index is 2.44. The van der Waals surface area contributed by atoms with Crippen molar-refractivity contribution in [1.29, 1.82) is 0 Å². The Balaban J connectivity index is 0.000000334. The van der Waals surface area contributed by atoms with E-state index in [9.17, 15) is 0 Å². The van der Waals surface area contributed by atoms with E-state index in [0.29, 0.717) is 17.3 Å². The highest BCUT2D eigenvalue weighted by Crippen LogP contribution is 2.38. The molecule has 0 spiro atoms. The Morgan fingerprint density at radius 2 is 0.606 bits per heavy atom. The van der Waals surface area contributed by atoms with Crippen LogP contribution in [0.3, 0.4) is 0 Å². The first kappa shape index (κ1) is 90.1. The Hall–Kier alpha value is -8.15. The quantitative estimate of drug-likeness (QED) is 0.103. The predicted octanol–water partition coefficient (Wildman–Crippen LogP) is 24.7. The van der Waals surface area contributed by atoms with Crippen LogP contribution in [0.15, 0.2) is 183 Å². The molecule has 0 saturated heterocycles. The van der Waals surface area contributed by atoms with Crippen LogP contribution in [0.2, 0.25) is 0 Å². The van der Waals surface area contributed by atoms with Gasteiger partial charge >= 0.3 is 0 Å². The van der Waals surface area contributed by atoms with Crippen molar-refractivity contribution in [3.05, 3.63) is 266 Å². The highest BCUT2D eigenvalue weighted by atomic mass is 14.9. The average molecular weight is 1400 g/mol. The number of nitrogens with zero attached hydrogens (tertiary/aromatic N) is 5. The summed E-state index contributed by atoms with van der Waals surface area (Å²) >= 11 is 0. The normalized spacial score (nSPS) is 12.5. The van der Waals surface area contributed by atoms with Crippen molar-refractivity contribution in [2.75, 3.05) is 0 Å². The molecular weight excluding hydrogens is 1260 g/mol. The summed E-state index contributed by atoms with van der Waals surface area (Å²) in [4.78, 5) is 0. The number of rotatable bonds is 13. The summed E-state index contributed by atoms with van der Waals surface area (Å²) in [6, 6.07) is 55.1. The minimum absolute atomic E-state index is 0. The van der Waals surface area contributed by atoms with Crippen LogP contribution in [0.5, 0.6) is 0 Å². The maximum Gasteiger partial charge on any atom is 0.212 e. The molecule has 5 aromatic carbocycles. The third kappa shape index (κ3) is 23.9. The van der Waals surface area contributed by atoms with E-state index in [0.717, 1.165) is 37.5 Å². The molecule has 5 aromatic heterocycles. The third-order valence-electron chi connectivity index (χ3n) is 20.7. The molecule has 10 aromatic rings. The van der Waals surface area contributed by atoms with Crippen LogP contribution in [0.25, 0.3) is 56.3 Å². The Morgan fingerprint density at radius 3 is 0.962 bits per heavy atom. The number of hydrogen-bond donors (Lipinski definition) is 0. The molecule has 0 amide bonds. The average Bonchev–Trinajstić information content (AvgIpc) is 1.13. The Labute approximate surface area is 637 Å². The summed E-state index contributed by atoms with van der Waals surface area (Å²) in [6.45, 7) is 38.2. The summed E-state index contributed by atoms with van der Waals surface area (Å²) in [5, 5.41) is 0. The molecule has 12 rings (SSSR count). The van der Waals surface area contributed by atoms with Crippen molar-refractivity contribution in [3.63, 3.8) is 0 Å². The van der Waals surface area contributed by atoms with Crippen LogP contribution in [0, 0.1) is 79.6 Å². The lowest BCUT2D eigenvalue weighted by atomic mass is 9.86. The molecule has 5 heterocycles. The standard InChI is InChI=1S/2C19H24N.2C19H26N.C18H24N.5CH4/c1-14-8-4-7-11-17(14)19-12-18(15(2)13-20(19)3)16-9-5-6-10-16;1-14-8-4-7-11-17(14)19-12-15(2)18(13-20(19)3)16-9-5-6-10-16;1-14-9-7-8-10-17(14)18-11-16(12-19(3,4)5)15(2)13-20(18)6;1-6-16-12-19(18-10-8-7-9-15(18)4)20(5)13-17(16)11-14(2)3;1-13(2)10-16-11-18(19(5)12-15(16)4)17-9-7-6-8-14(17)3;;;;;/h2*4,7-8,11-13,16H,5-6,9-10H2,1-3H3;7-11,13H,12H2,1-6H3;7-10,12-14H,6,11H2,1-5H3;6-9,11-13H,10H2,1-5H3;5*1H4/q5*+1;;;;;. The second-order valence-electron chi connectivity index (χ2n) is 31.4. The van der Waals surface area contributed by atoms with E-state index in [1.165, 1.54) is 180 Å². The van der Waals surface area contributed by atoms with Crippen LogP contribution in [0.1, 0.15) is 239 Å². The van der Waals surface area contributed by atoms with E-state index in [2.05, 4.69) is 358 Å². The fourth-order valence-electron chi connectivity index (χ4n) is 15.3. The minimum atomic E-state index is 0. The van der Waals surface area contributed by atoms with Crippen LogP contribution < -0.4 is 22.8 Å². The number of hydrogen-bond acceptors (Lipinski definition) is 0. The van der Waals surface area contributed by atoms with Crippen molar-refractivity contribution in [2.24, 2.45) is 52.5 Å². The summed E-state index contributed by atoms with van der Waals surface area (Å²) in [5.74, 6) is 2.95. The summed E-state index contributed by atoms with van der Waals surface area (Å²) in [7, 11) is 10.8. The lowest BCUT2D eigenvalue weighted by molar-refractivity contribution is -0.661. The van der Waals surface area contributed by atoms with E-state index in [1.54, 1.807) is 11.1 Å². The molecular formula is C99H144N5+5. The van der Waals surface area contributed by atoms with Gasteiger partial charge in [0.2, 0.25) is 28.5 Å². The molecule has 0 radical (unpaired) electrons. The van der Waals surface area contributed by atoms with Crippen LogP contribution in [0.4, 0.5) is 0 Å². The molecule has 5 heteroatoms. The second-order valence-corrected chi connectivity index (χ2v) is 31.4. The zero-order valence-corrected chi connectivity index (χ0v) is 65.4. The van der Waals surface area contributed by atoms with Gasteiger partial charge in [0.15, 0.2) is 31.0 Å². The van der Waals surface area contributed by atoms with E-state index < -0.39 is 0 Å². The van der Waals surface area contributed by atoms with Crippen LogP contribution >= 0.6 is 0 Å². The number of aromatic nitrogens is 5. The molecule has 2 fully saturated rings. The first-order valence-electron chi connectivity index (χ1n) is 37.4. The lowest BCUT2D eigenvalue weighted by Gasteiger charge is -2.19. The highest BCUT2D eigenvalue weighted by Gasteiger charge is 2.27. The maximum atomic E-state index is 2.44. The van der Waals surface area contributed by atoms with Crippen molar-refractivity contribution in [1.82, 2.24) is 0 Å². The number of pyridine rings is 5. The molecule has 2 saturated carbocycles. The van der Waals surface area contributed by atoms with E-state index in [1.807, 2.05) is 0 Å². The lowest BCUT2D eigenvalue weighted by Crippen LogP contribution is -2.32. The fraction of sp³-hybridized carbons (Fsp3) is 0.444. The highest BCUT2D eigenvalue weighted by molar-refractivity contribution is 5.65. The van der Waals surface area contributed by atoms with Gasteiger partial charge in [-0.25, -0.2) is 22.8 Å². The van der Waals surface area contributed by atoms with Gasteiger partial charge in [-0.05, 0) is 229 Å². The third-order valence-corrected chi connectivity index (χ3v) is 20.7. The number of aryl methyl sites for hydroxylation is 15. The van der Waals surface area contributed by atoms with E-state index in [-0.39, 0.29) is 37.1 Å². The predicted molar refractivity (Wildman–Crippen MR) is 454 cm³/mol. The topological polar surface area (TPSA) is 19.4 Å². The van der Waals surface area contributed by atoms with Crippen LogP contribution in [-0.2, 0) is 60.9 Å². The van der Waals surface area contributed by atoms with Crippen molar-refractivity contribution in [3.8, 4) is 56.3 Å². The monoisotopic (exact) mass is 1400 g/mol. The fourth-order valence-corrected chi connectivity index (χ4v) is 15.3. The molecule has 560 valence electrons. The van der Waals surface area contributed by atoms with E-state index >= 15 is 0 Å². The molecule has 0 N–H and O–H groups in total. The van der Waals surface area contributed by atoms with Crippen molar-refractivity contribution in [2.45, 2.75) is 244 Å². The largest absolute Gasteiger partial charge is 0.212 e. The van der Waals surface area contributed by atoms with E-state index in [4.69, 9.17) is 0 Å². The van der Waals surface area contributed by atoms with Gasteiger partial charge in [0, 0.05) is 86.0 Å². The van der Waals surface area contributed by atoms with Gasteiger partial charge in [0.1, 0.15) is 35.2 Å². The van der Waals surface area contributed by atoms with Crippen molar-refractivity contribution < 1.29 is 22.8 Å². The molecule has 5 nitrogen and oxygen atoms in total. The van der Waals surface area contributed by atoms with Gasteiger partial charge < -0.3 is 0 Å². The Bertz CT molecular complexity index is 4330. The SMILES string of the molecule is C.C.C.C.C.CCc1cc(-c2ccccc2C)[n+](C)cc1CC(C)C.Cc1c[n+](C)c(-c2ccccc2C)cc1CC(C)(C)C.Cc1c[n+](C)c(-c2ccccc2C)cc1CC(C)C.Cc1ccccc1-c1cc(C)c(C2CCCC2)c[n+]1C.Cc1ccccc1-c1cc(C2CCCC2)c(C)c[n+]1C. The summed E-state index contributed by atoms with van der Waals surface area (Å²) < 4.78 is 11.3. The molecule has 2 aliphatic rings.